The summed E-state index contributed by atoms with van der Waals surface area (Å²) in [6.07, 6.45) is 2.47. The van der Waals surface area contributed by atoms with Crippen LogP contribution in [0.15, 0.2) is 15.6 Å². The second-order valence-corrected chi connectivity index (χ2v) is 6.77. The van der Waals surface area contributed by atoms with Crippen LogP contribution in [0.4, 0.5) is 0 Å². The molecule has 0 saturated carbocycles. The predicted octanol–water partition coefficient (Wildman–Crippen LogP) is 1.96. The SMILES string of the molecule is CCNC(=NCc1cc(C(C)C)no1)NCC1CCCN1CCOC. The summed E-state index contributed by atoms with van der Waals surface area (Å²) in [5.74, 6) is 1.99. The summed E-state index contributed by atoms with van der Waals surface area (Å²) in [4.78, 5) is 7.11. The first-order chi connectivity index (χ1) is 12.1. The van der Waals surface area contributed by atoms with Gasteiger partial charge in [0.25, 0.3) is 0 Å². The van der Waals surface area contributed by atoms with Gasteiger partial charge < -0.3 is 19.9 Å². The van der Waals surface area contributed by atoms with Crippen molar-refractivity contribution in [3.05, 3.63) is 17.5 Å². The zero-order chi connectivity index (χ0) is 18.1. The predicted molar refractivity (Wildman–Crippen MR) is 99.9 cm³/mol. The topological polar surface area (TPSA) is 74.9 Å². The van der Waals surface area contributed by atoms with Crippen molar-refractivity contribution in [3.63, 3.8) is 0 Å². The summed E-state index contributed by atoms with van der Waals surface area (Å²) in [6.45, 7) is 11.4. The van der Waals surface area contributed by atoms with Gasteiger partial charge in [-0.25, -0.2) is 4.99 Å². The number of aromatic nitrogens is 1. The van der Waals surface area contributed by atoms with Crippen LogP contribution in [0.1, 0.15) is 51.0 Å². The van der Waals surface area contributed by atoms with E-state index in [4.69, 9.17) is 9.26 Å². The maximum Gasteiger partial charge on any atom is 0.191 e. The fourth-order valence-electron chi connectivity index (χ4n) is 3.02. The summed E-state index contributed by atoms with van der Waals surface area (Å²) < 4.78 is 10.6. The van der Waals surface area contributed by atoms with E-state index in [-0.39, 0.29) is 0 Å². The second-order valence-electron chi connectivity index (χ2n) is 6.77. The third-order valence-electron chi connectivity index (χ3n) is 4.49. The molecule has 142 valence electrons. The van der Waals surface area contributed by atoms with E-state index in [1.807, 2.05) is 6.07 Å². The van der Waals surface area contributed by atoms with Crippen LogP contribution in [-0.2, 0) is 11.3 Å². The molecule has 0 aromatic carbocycles. The van der Waals surface area contributed by atoms with Crippen LogP contribution in [-0.4, -0.2) is 62.0 Å². The third-order valence-corrected chi connectivity index (χ3v) is 4.49. The van der Waals surface area contributed by atoms with Gasteiger partial charge in [0, 0.05) is 38.9 Å². The number of nitrogens with one attached hydrogen (secondary N) is 2. The number of rotatable bonds is 9. The Hall–Kier alpha value is -1.60. The fourth-order valence-corrected chi connectivity index (χ4v) is 3.02. The van der Waals surface area contributed by atoms with Crippen molar-refractivity contribution < 1.29 is 9.26 Å². The molecule has 0 aliphatic carbocycles. The van der Waals surface area contributed by atoms with Gasteiger partial charge in [-0.3, -0.25) is 4.90 Å². The first-order valence-corrected chi connectivity index (χ1v) is 9.34. The Labute approximate surface area is 151 Å². The minimum atomic E-state index is 0.369. The van der Waals surface area contributed by atoms with E-state index in [0.717, 1.165) is 50.2 Å². The Morgan fingerprint density at radius 1 is 1.48 bits per heavy atom. The number of methoxy groups -OCH3 is 1. The molecule has 7 nitrogen and oxygen atoms in total. The molecule has 1 aromatic heterocycles. The minimum Gasteiger partial charge on any atom is -0.383 e. The number of aliphatic imine (C=N–C) groups is 1. The molecule has 1 unspecified atom stereocenters. The molecule has 1 aliphatic rings. The minimum absolute atomic E-state index is 0.369. The molecule has 2 heterocycles. The molecule has 0 spiro atoms. The average Bonchev–Trinajstić information content (AvgIpc) is 3.24. The number of likely N-dealkylation sites (tertiary alicyclic amines) is 1. The average molecular weight is 351 g/mol. The number of hydrogen-bond acceptors (Lipinski definition) is 5. The van der Waals surface area contributed by atoms with Crippen LogP contribution in [0.3, 0.4) is 0 Å². The van der Waals surface area contributed by atoms with Gasteiger partial charge in [0.2, 0.25) is 0 Å². The van der Waals surface area contributed by atoms with Crippen molar-refractivity contribution in [1.29, 1.82) is 0 Å². The molecule has 0 bridgehead atoms. The van der Waals surface area contributed by atoms with Gasteiger partial charge in [0.15, 0.2) is 11.7 Å². The van der Waals surface area contributed by atoms with Crippen molar-refractivity contribution in [1.82, 2.24) is 20.7 Å². The molecule has 25 heavy (non-hydrogen) atoms. The maximum absolute atomic E-state index is 5.36. The van der Waals surface area contributed by atoms with E-state index >= 15 is 0 Å². The highest BCUT2D eigenvalue weighted by Crippen LogP contribution is 2.16. The molecule has 1 aromatic rings. The van der Waals surface area contributed by atoms with Gasteiger partial charge in [-0.05, 0) is 32.2 Å². The van der Waals surface area contributed by atoms with E-state index in [1.165, 1.54) is 12.8 Å². The van der Waals surface area contributed by atoms with Crippen LogP contribution in [0.5, 0.6) is 0 Å². The van der Waals surface area contributed by atoms with E-state index in [0.29, 0.717) is 18.5 Å². The quantitative estimate of drug-likeness (QED) is 0.523. The molecular weight excluding hydrogens is 318 g/mol. The first kappa shape index (κ1) is 19.7. The van der Waals surface area contributed by atoms with Crippen LogP contribution in [0, 0.1) is 0 Å². The highest BCUT2D eigenvalue weighted by atomic mass is 16.5. The zero-order valence-electron chi connectivity index (χ0n) is 16.0. The number of guanidine groups is 1. The van der Waals surface area contributed by atoms with Crippen molar-refractivity contribution in [3.8, 4) is 0 Å². The van der Waals surface area contributed by atoms with E-state index < -0.39 is 0 Å². The lowest BCUT2D eigenvalue weighted by atomic mass is 10.1. The van der Waals surface area contributed by atoms with Crippen molar-refractivity contribution in [2.24, 2.45) is 4.99 Å². The summed E-state index contributed by atoms with van der Waals surface area (Å²) in [5, 5.41) is 10.8. The molecule has 1 atom stereocenters. The third kappa shape index (κ3) is 6.32. The van der Waals surface area contributed by atoms with Crippen LogP contribution >= 0.6 is 0 Å². The molecule has 1 fully saturated rings. The number of ether oxygens (including phenoxy) is 1. The van der Waals surface area contributed by atoms with Crippen LogP contribution in [0.25, 0.3) is 0 Å². The monoisotopic (exact) mass is 351 g/mol. The fraction of sp³-hybridized carbons (Fsp3) is 0.778. The smallest absolute Gasteiger partial charge is 0.191 e. The van der Waals surface area contributed by atoms with E-state index in [2.05, 4.69) is 46.5 Å². The standard InChI is InChI=1S/C18H33N5O2/c1-5-19-18(21-13-16-11-17(14(2)3)22-25-16)20-12-15-7-6-8-23(15)9-10-24-4/h11,14-15H,5-10,12-13H2,1-4H3,(H2,19,20,21). The lowest BCUT2D eigenvalue weighted by Gasteiger charge is -2.25. The highest BCUT2D eigenvalue weighted by Gasteiger charge is 2.23. The summed E-state index contributed by atoms with van der Waals surface area (Å²) >= 11 is 0. The highest BCUT2D eigenvalue weighted by molar-refractivity contribution is 5.79. The zero-order valence-corrected chi connectivity index (χ0v) is 16.0. The largest absolute Gasteiger partial charge is 0.383 e. The molecule has 1 saturated heterocycles. The lowest BCUT2D eigenvalue weighted by Crippen LogP contribution is -2.45. The van der Waals surface area contributed by atoms with Crippen molar-refractivity contribution in [2.45, 2.75) is 52.1 Å². The molecule has 1 aliphatic heterocycles. The Bertz CT molecular complexity index is 529. The molecular formula is C18H33N5O2. The molecule has 2 rings (SSSR count). The second kappa shape index (κ2) is 10.4. The lowest BCUT2D eigenvalue weighted by molar-refractivity contribution is 0.141. The van der Waals surface area contributed by atoms with E-state index in [9.17, 15) is 0 Å². The van der Waals surface area contributed by atoms with Crippen LogP contribution < -0.4 is 10.6 Å². The number of nitrogens with zero attached hydrogens (tertiary/aromatic N) is 3. The van der Waals surface area contributed by atoms with E-state index in [1.54, 1.807) is 7.11 Å². The Morgan fingerprint density at radius 3 is 3.00 bits per heavy atom. The Morgan fingerprint density at radius 2 is 2.32 bits per heavy atom. The number of hydrogen-bond donors (Lipinski definition) is 2. The van der Waals surface area contributed by atoms with Crippen LogP contribution in [0.2, 0.25) is 0 Å². The van der Waals surface area contributed by atoms with Crippen molar-refractivity contribution in [2.75, 3.05) is 39.9 Å². The Kier molecular flexibility index (Phi) is 8.21. The maximum atomic E-state index is 5.36. The molecule has 2 N–H and O–H groups in total. The molecule has 0 amide bonds. The summed E-state index contributed by atoms with van der Waals surface area (Å²) in [6, 6.07) is 2.53. The van der Waals surface area contributed by atoms with Gasteiger partial charge in [-0.15, -0.1) is 0 Å². The Balaban J connectivity index is 1.86. The van der Waals surface area contributed by atoms with Gasteiger partial charge in [0.1, 0.15) is 6.54 Å². The molecule has 7 heteroatoms. The summed E-state index contributed by atoms with van der Waals surface area (Å²) in [5.41, 5.74) is 0.975. The first-order valence-electron chi connectivity index (χ1n) is 9.34. The van der Waals surface area contributed by atoms with Crippen molar-refractivity contribution >= 4 is 5.96 Å². The van der Waals surface area contributed by atoms with Gasteiger partial charge in [-0.1, -0.05) is 19.0 Å². The van der Waals surface area contributed by atoms with Gasteiger partial charge in [0.05, 0.1) is 12.3 Å². The normalized spacial score (nSPS) is 18.9. The summed E-state index contributed by atoms with van der Waals surface area (Å²) in [7, 11) is 1.76. The van der Waals surface area contributed by atoms with Gasteiger partial charge in [-0.2, -0.15) is 0 Å². The van der Waals surface area contributed by atoms with Gasteiger partial charge >= 0.3 is 0 Å². The molecule has 0 radical (unpaired) electrons.